The van der Waals surface area contributed by atoms with Crippen LogP contribution in [0.25, 0.3) is 0 Å². The van der Waals surface area contributed by atoms with Gasteiger partial charge < -0.3 is 20.3 Å². The minimum absolute atomic E-state index is 0.0290. The monoisotopic (exact) mass is 832 g/mol. The molecular formula is C54H89NO5. The van der Waals surface area contributed by atoms with E-state index in [4.69, 9.17) is 4.74 Å². The van der Waals surface area contributed by atoms with Crippen LogP contribution in [0.2, 0.25) is 0 Å². The molecule has 1 amide bonds. The van der Waals surface area contributed by atoms with E-state index in [0.717, 1.165) is 109 Å². The van der Waals surface area contributed by atoms with Crippen LogP contribution in [0.1, 0.15) is 194 Å². The van der Waals surface area contributed by atoms with Gasteiger partial charge in [0.15, 0.2) is 0 Å². The number of aliphatic hydroxyl groups is 2. The van der Waals surface area contributed by atoms with Crippen LogP contribution in [0.4, 0.5) is 0 Å². The van der Waals surface area contributed by atoms with E-state index in [9.17, 15) is 19.8 Å². The lowest BCUT2D eigenvalue weighted by atomic mass is 10.0. The zero-order valence-electron chi connectivity index (χ0n) is 38.5. The van der Waals surface area contributed by atoms with Gasteiger partial charge in [0.05, 0.1) is 25.2 Å². The summed E-state index contributed by atoms with van der Waals surface area (Å²) >= 11 is 0. The highest BCUT2D eigenvalue weighted by molar-refractivity contribution is 5.77. The molecule has 0 saturated carbocycles. The van der Waals surface area contributed by atoms with Gasteiger partial charge in [0.1, 0.15) is 6.10 Å². The van der Waals surface area contributed by atoms with E-state index < -0.39 is 18.2 Å². The highest BCUT2D eigenvalue weighted by atomic mass is 16.5. The summed E-state index contributed by atoms with van der Waals surface area (Å²) in [5.41, 5.74) is 0. The summed E-state index contributed by atoms with van der Waals surface area (Å²) in [5, 5.41) is 23.6. The molecule has 0 rings (SSSR count). The predicted molar refractivity (Wildman–Crippen MR) is 259 cm³/mol. The average Bonchev–Trinajstić information content (AvgIpc) is 3.24. The van der Waals surface area contributed by atoms with Crippen LogP contribution >= 0.6 is 0 Å². The normalized spacial score (nSPS) is 14.3. The Kier molecular flexibility index (Phi) is 43.9. The van der Waals surface area contributed by atoms with Gasteiger partial charge >= 0.3 is 5.97 Å². The highest BCUT2D eigenvalue weighted by Crippen LogP contribution is 2.16. The van der Waals surface area contributed by atoms with Crippen LogP contribution in [-0.2, 0) is 14.3 Å². The molecule has 0 aliphatic rings. The van der Waals surface area contributed by atoms with Gasteiger partial charge in [0.25, 0.3) is 0 Å². The van der Waals surface area contributed by atoms with Crippen LogP contribution in [0.3, 0.4) is 0 Å². The van der Waals surface area contributed by atoms with E-state index in [2.05, 4.69) is 99.0 Å². The number of carbonyl (C=O) groups is 2. The lowest BCUT2D eigenvalue weighted by molar-refractivity contribution is -0.151. The summed E-state index contributed by atoms with van der Waals surface area (Å²) in [4.78, 5) is 26.1. The summed E-state index contributed by atoms with van der Waals surface area (Å²) in [6.07, 6.45) is 62.8. The zero-order chi connectivity index (χ0) is 43.8. The Morgan fingerprint density at radius 2 is 1.00 bits per heavy atom. The lowest BCUT2D eigenvalue weighted by Gasteiger charge is -2.24. The molecule has 3 atom stereocenters. The van der Waals surface area contributed by atoms with Gasteiger partial charge in [-0.05, 0) is 83.5 Å². The first-order valence-corrected chi connectivity index (χ1v) is 24.2. The van der Waals surface area contributed by atoms with E-state index in [1.54, 1.807) is 0 Å². The van der Waals surface area contributed by atoms with Crippen molar-refractivity contribution < 1.29 is 24.5 Å². The van der Waals surface area contributed by atoms with Crippen molar-refractivity contribution >= 4 is 11.9 Å². The minimum atomic E-state index is -0.810. The molecule has 0 aromatic heterocycles. The first-order valence-electron chi connectivity index (χ1n) is 24.2. The first kappa shape index (κ1) is 56.5. The molecule has 3 unspecified atom stereocenters. The summed E-state index contributed by atoms with van der Waals surface area (Å²) in [5.74, 6) is -0.566. The Morgan fingerprint density at radius 3 is 1.58 bits per heavy atom. The molecule has 0 radical (unpaired) electrons. The first-order chi connectivity index (χ1) is 29.5. The van der Waals surface area contributed by atoms with Crippen LogP contribution in [0.5, 0.6) is 0 Å². The van der Waals surface area contributed by atoms with E-state index >= 15 is 0 Å². The van der Waals surface area contributed by atoms with Gasteiger partial charge in [0, 0.05) is 6.42 Å². The van der Waals surface area contributed by atoms with Crippen molar-refractivity contribution in [2.24, 2.45) is 0 Å². The number of hydrogen-bond acceptors (Lipinski definition) is 5. The van der Waals surface area contributed by atoms with Gasteiger partial charge in [0.2, 0.25) is 5.91 Å². The number of hydrogen-bond donors (Lipinski definition) is 3. The second kappa shape index (κ2) is 46.6. The van der Waals surface area contributed by atoms with Crippen LogP contribution in [0, 0.1) is 0 Å². The molecule has 0 bridgehead atoms. The van der Waals surface area contributed by atoms with Crippen molar-refractivity contribution in [3.8, 4) is 0 Å². The van der Waals surface area contributed by atoms with E-state index in [1.807, 2.05) is 36.5 Å². The molecule has 0 spiro atoms. The number of unbranched alkanes of at least 4 members (excludes halogenated alkanes) is 15. The molecule has 0 aliphatic carbocycles. The molecule has 0 saturated heterocycles. The van der Waals surface area contributed by atoms with Crippen molar-refractivity contribution in [2.45, 2.75) is 212 Å². The average molecular weight is 832 g/mol. The Labute approximate surface area is 368 Å². The van der Waals surface area contributed by atoms with E-state index in [-0.39, 0.29) is 24.9 Å². The van der Waals surface area contributed by atoms with Crippen molar-refractivity contribution in [1.82, 2.24) is 5.32 Å². The summed E-state index contributed by atoms with van der Waals surface area (Å²) in [7, 11) is 0. The Bertz CT molecular complexity index is 1250. The third-order valence-electron chi connectivity index (χ3n) is 10.2. The minimum Gasteiger partial charge on any atom is -0.462 e. The number of ether oxygens (including phenoxy) is 1. The third kappa shape index (κ3) is 41.3. The molecule has 6 heteroatoms. The fourth-order valence-corrected chi connectivity index (χ4v) is 6.57. The molecule has 340 valence electrons. The molecule has 6 nitrogen and oxygen atoms in total. The molecule has 60 heavy (non-hydrogen) atoms. The van der Waals surface area contributed by atoms with Crippen molar-refractivity contribution in [1.29, 1.82) is 0 Å². The van der Waals surface area contributed by atoms with Gasteiger partial charge in [-0.2, -0.15) is 0 Å². The summed E-state index contributed by atoms with van der Waals surface area (Å²) in [6, 6.07) is -0.728. The van der Waals surface area contributed by atoms with Crippen LogP contribution in [-0.4, -0.2) is 46.9 Å². The second-order valence-electron chi connectivity index (χ2n) is 15.9. The predicted octanol–water partition coefficient (Wildman–Crippen LogP) is 14.3. The molecule has 0 aromatic carbocycles. The Hall–Kier alpha value is -3.48. The fourth-order valence-electron chi connectivity index (χ4n) is 6.57. The molecule has 0 heterocycles. The zero-order valence-corrected chi connectivity index (χ0v) is 38.5. The van der Waals surface area contributed by atoms with Crippen LogP contribution in [0.15, 0.2) is 109 Å². The maximum absolute atomic E-state index is 13.2. The number of nitrogens with one attached hydrogen (secondary N) is 1. The standard InChI is InChI=1S/C54H89NO5/c1-4-7-10-13-16-19-21-23-25-27-29-31-34-36-39-42-45-50(48-53(58)55-51(49-56)52(57)46-43-40-37-33-18-15-12-9-6-3)60-54(59)47-44-41-38-35-32-30-28-26-24-22-20-17-14-11-8-5-2/h8,10-11,13,16-17,19-21,23-27,29-32,50-52,56-57H,4-7,9,12,14-15,18,22,28,33-49H2,1-3H3,(H,55,58)/b11-8+,13-10+,19-16+,20-17+,23-21+,26-24+,27-25+,31-29+,32-30+. The fraction of sp³-hybridized carbons (Fsp3) is 0.630. The van der Waals surface area contributed by atoms with Crippen molar-refractivity contribution in [2.75, 3.05) is 6.61 Å². The number of allylic oxidation sites excluding steroid dienone is 18. The Balaban J connectivity index is 4.79. The second-order valence-corrected chi connectivity index (χ2v) is 15.9. The summed E-state index contributed by atoms with van der Waals surface area (Å²) < 4.78 is 5.89. The SMILES string of the molecule is CC/C=C/C/C=C/C/C=C/C/C=C/CCCCCC(=O)OC(CCCCC/C=C/C=C/C=C/C=C/C=C/CCC)CC(=O)NC(CO)C(O)CCCCCCCCCCC. The maximum atomic E-state index is 13.2. The molecular weight excluding hydrogens is 743 g/mol. The Morgan fingerprint density at radius 1 is 0.517 bits per heavy atom. The van der Waals surface area contributed by atoms with E-state index in [0.29, 0.717) is 19.3 Å². The number of amides is 1. The maximum Gasteiger partial charge on any atom is 0.306 e. The number of esters is 1. The van der Waals surface area contributed by atoms with Gasteiger partial charge in [-0.1, -0.05) is 207 Å². The number of aliphatic hydroxyl groups excluding tert-OH is 2. The molecule has 0 fully saturated rings. The van der Waals surface area contributed by atoms with Gasteiger partial charge in [-0.25, -0.2) is 0 Å². The molecule has 3 N–H and O–H groups in total. The smallest absolute Gasteiger partial charge is 0.306 e. The topological polar surface area (TPSA) is 95.9 Å². The largest absolute Gasteiger partial charge is 0.462 e. The number of carbonyl (C=O) groups excluding carboxylic acids is 2. The van der Waals surface area contributed by atoms with Crippen molar-refractivity contribution in [3.05, 3.63) is 109 Å². The van der Waals surface area contributed by atoms with E-state index in [1.165, 1.54) is 38.5 Å². The third-order valence-corrected chi connectivity index (χ3v) is 10.2. The lowest BCUT2D eigenvalue weighted by Crippen LogP contribution is -2.46. The van der Waals surface area contributed by atoms with Crippen molar-refractivity contribution in [3.63, 3.8) is 0 Å². The van der Waals surface area contributed by atoms with Crippen LogP contribution < -0.4 is 5.32 Å². The number of rotatable bonds is 41. The summed E-state index contributed by atoms with van der Waals surface area (Å²) in [6.45, 7) is 6.22. The van der Waals surface area contributed by atoms with Gasteiger partial charge in [-0.3, -0.25) is 9.59 Å². The molecule has 0 aromatic rings. The highest BCUT2D eigenvalue weighted by Gasteiger charge is 2.24. The van der Waals surface area contributed by atoms with Gasteiger partial charge in [-0.15, -0.1) is 0 Å². The molecule has 0 aliphatic heterocycles. The quantitative estimate of drug-likeness (QED) is 0.0247.